The number of aliphatic carboxylic acids is 1. The molecule has 5 nitrogen and oxygen atoms in total. The van der Waals surface area contributed by atoms with Crippen molar-refractivity contribution in [1.29, 1.82) is 0 Å². The molecule has 1 aliphatic carbocycles. The average Bonchev–Trinajstić information content (AvgIpc) is 3.59. The van der Waals surface area contributed by atoms with E-state index in [1.54, 1.807) is 0 Å². The summed E-state index contributed by atoms with van der Waals surface area (Å²) in [5.74, 6) is -0.00278. The number of hydrogen-bond acceptors (Lipinski definition) is 4. The van der Waals surface area contributed by atoms with Crippen LogP contribution in [0, 0.1) is 6.92 Å². The van der Waals surface area contributed by atoms with E-state index in [0.29, 0.717) is 0 Å². The molecule has 3 aromatic carbocycles. The van der Waals surface area contributed by atoms with Crippen molar-refractivity contribution < 1.29 is 14.4 Å². The summed E-state index contributed by atoms with van der Waals surface area (Å²) in [7, 11) is 0. The van der Waals surface area contributed by atoms with Gasteiger partial charge in [-0.3, -0.25) is 4.79 Å². The van der Waals surface area contributed by atoms with Crippen LogP contribution in [0.25, 0.3) is 22.5 Å². The molecule has 1 heterocycles. The largest absolute Gasteiger partial charge is 0.481 e. The maximum atomic E-state index is 11.2. The molecule has 1 unspecified atom stereocenters. The monoisotopic (exact) mass is 514 g/mol. The molecule has 1 aliphatic rings. The minimum absolute atomic E-state index is 0.174. The third-order valence-corrected chi connectivity index (χ3v) is 7.75. The van der Waals surface area contributed by atoms with Crippen LogP contribution in [0.3, 0.4) is 0 Å². The summed E-state index contributed by atoms with van der Waals surface area (Å²) in [4.78, 5) is 11.2. The van der Waals surface area contributed by atoms with Gasteiger partial charge in [-0.25, -0.2) is 0 Å². The lowest BCUT2D eigenvalue weighted by atomic mass is 9.91. The zero-order valence-corrected chi connectivity index (χ0v) is 21.9. The normalized spacial score (nSPS) is 14.8. The Kier molecular flexibility index (Phi) is 7.07. The Balaban J connectivity index is 1.27. The molecule has 0 saturated heterocycles. The van der Waals surface area contributed by atoms with Gasteiger partial charge < -0.3 is 14.9 Å². The number of hydrogen-bond donors (Lipinski definition) is 2. The Morgan fingerprint density at radius 2 is 1.65 bits per heavy atom. The van der Waals surface area contributed by atoms with Crippen LogP contribution in [0.15, 0.2) is 77.3 Å². The summed E-state index contributed by atoms with van der Waals surface area (Å²) < 4.78 is 5.72. The molecule has 5 rings (SSSR count). The van der Waals surface area contributed by atoms with E-state index in [1.165, 1.54) is 0 Å². The highest BCUT2D eigenvalue weighted by Gasteiger charge is 2.45. The van der Waals surface area contributed by atoms with Gasteiger partial charge in [-0.2, -0.15) is 0 Å². The number of nitrogens with zero attached hydrogens (tertiary/aromatic N) is 1. The Bertz CT molecular complexity index is 1390. The Hall–Kier alpha value is -3.57. The number of anilines is 1. The maximum absolute atomic E-state index is 11.2. The van der Waals surface area contributed by atoms with Crippen LogP contribution < -0.4 is 5.32 Å². The van der Waals surface area contributed by atoms with Crippen LogP contribution in [0.1, 0.15) is 49.4 Å². The smallest absolute Gasteiger partial charge is 0.304 e. The molecule has 0 bridgehead atoms. The Morgan fingerprint density at radius 3 is 2.27 bits per heavy atom. The van der Waals surface area contributed by atoms with Gasteiger partial charge in [0.1, 0.15) is 11.4 Å². The molecule has 1 aromatic heterocycles. The number of carboxylic acids is 1. The van der Waals surface area contributed by atoms with Crippen molar-refractivity contribution in [2.24, 2.45) is 0 Å². The fourth-order valence-corrected chi connectivity index (χ4v) is 5.20. The highest BCUT2D eigenvalue weighted by Crippen LogP contribution is 2.51. The minimum atomic E-state index is -0.733. The van der Waals surface area contributed by atoms with E-state index in [2.05, 4.69) is 72.0 Å². The molecule has 37 heavy (non-hydrogen) atoms. The van der Waals surface area contributed by atoms with Gasteiger partial charge in [-0.1, -0.05) is 83.5 Å². The van der Waals surface area contributed by atoms with Crippen molar-refractivity contribution in [3.8, 4) is 22.5 Å². The van der Waals surface area contributed by atoms with Gasteiger partial charge in [0.05, 0.1) is 6.42 Å². The summed E-state index contributed by atoms with van der Waals surface area (Å²) in [6.07, 6.45) is 3.90. The molecule has 1 saturated carbocycles. The Labute approximate surface area is 222 Å². The predicted octanol–water partition coefficient (Wildman–Crippen LogP) is 7.91. The maximum Gasteiger partial charge on any atom is 0.304 e. The van der Waals surface area contributed by atoms with Gasteiger partial charge in [-0.15, -0.1) is 0 Å². The number of rotatable bonds is 10. The van der Waals surface area contributed by atoms with Gasteiger partial charge in [-0.05, 0) is 67.9 Å². The minimum Gasteiger partial charge on any atom is -0.481 e. The van der Waals surface area contributed by atoms with Crippen LogP contribution in [0.4, 0.5) is 5.69 Å². The molecule has 0 amide bonds. The standard InChI is InChI=1S/C31H31ClN2O3/c1-20(7-8-24-5-3-4-6-27(24)32)33-29-21(2)34-37-30(29)25-11-9-22(10-12-25)23-13-15-26(16-14-23)31(17-18-31)19-28(35)36/h3-6,9-16,20,33H,7-8,17-19H2,1-2H3,(H,35,36). The molecule has 0 radical (unpaired) electrons. The summed E-state index contributed by atoms with van der Waals surface area (Å²) in [5, 5.41) is 17.8. The Morgan fingerprint density at radius 1 is 1.03 bits per heavy atom. The molecule has 0 spiro atoms. The SMILES string of the molecule is Cc1noc(-c2ccc(-c3ccc(C4(CC(=O)O)CC4)cc3)cc2)c1NC(C)CCc1ccccc1Cl. The number of aromatic nitrogens is 1. The van der Waals surface area contributed by atoms with E-state index < -0.39 is 5.97 Å². The average molecular weight is 515 g/mol. The number of halogens is 1. The quantitative estimate of drug-likeness (QED) is 0.225. The first-order chi connectivity index (χ1) is 17.8. The molecule has 2 N–H and O–H groups in total. The highest BCUT2D eigenvalue weighted by molar-refractivity contribution is 6.31. The lowest BCUT2D eigenvalue weighted by Crippen LogP contribution is -2.16. The van der Waals surface area contributed by atoms with E-state index in [9.17, 15) is 9.90 Å². The fraction of sp³-hybridized carbons (Fsp3) is 0.290. The molecule has 0 aliphatic heterocycles. The van der Waals surface area contributed by atoms with E-state index in [4.69, 9.17) is 16.1 Å². The van der Waals surface area contributed by atoms with Gasteiger partial charge >= 0.3 is 5.97 Å². The second-order valence-electron chi connectivity index (χ2n) is 10.2. The zero-order chi connectivity index (χ0) is 26.0. The van der Waals surface area contributed by atoms with Crippen molar-refractivity contribution in [3.05, 3.63) is 94.6 Å². The third kappa shape index (κ3) is 5.57. The topological polar surface area (TPSA) is 75.4 Å². The van der Waals surface area contributed by atoms with Crippen LogP contribution in [0.2, 0.25) is 5.02 Å². The first-order valence-electron chi connectivity index (χ1n) is 12.7. The first kappa shape index (κ1) is 25.1. The fourth-order valence-electron chi connectivity index (χ4n) is 4.97. The molecule has 1 fully saturated rings. The number of carboxylic acid groups (broad SMARTS) is 1. The van der Waals surface area contributed by atoms with Crippen molar-refractivity contribution in [3.63, 3.8) is 0 Å². The predicted molar refractivity (Wildman–Crippen MR) is 148 cm³/mol. The first-order valence-corrected chi connectivity index (χ1v) is 13.1. The summed E-state index contributed by atoms with van der Waals surface area (Å²) >= 11 is 6.32. The zero-order valence-electron chi connectivity index (χ0n) is 21.1. The number of benzene rings is 3. The molecule has 1 atom stereocenters. The number of nitrogens with one attached hydrogen (secondary N) is 1. The van der Waals surface area contributed by atoms with Crippen molar-refractivity contribution >= 4 is 23.3 Å². The van der Waals surface area contributed by atoms with Crippen LogP contribution in [-0.4, -0.2) is 22.3 Å². The summed E-state index contributed by atoms with van der Waals surface area (Å²) in [5.41, 5.74) is 6.99. The molecular formula is C31H31ClN2O3. The molecule has 190 valence electrons. The summed E-state index contributed by atoms with van der Waals surface area (Å²) in [6, 6.07) is 24.8. The second kappa shape index (κ2) is 10.4. The van der Waals surface area contributed by atoms with Crippen LogP contribution >= 0.6 is 11.6 Å². The molecule has 4 aromatic rings. The third-order valence-electron chi connectivity index (χ3n) is 7.38. The lowest BCUT2D eigenvalue weighted by molar-refractivity contribution is -0.137. The van der Waals surface area contributed by atoms with E-state index in [1.807, 2.05) is 25.1 Å². The van der Waals surface area contributed by atoms with Gasteiger partial charge in [0, 0.05) is 22.0 Å². The molecule has 6 heteroatoms. The van der Waals surface area contributed by atoms with Gasteiger partial charge in [0.15, 0.2) is 5.76 Å². The summed E-state index contributed by atoms with van der Waals surface area (Å²) in [6.45, 7) is 4.10. The van der Waals surface area contributed by atoms with Crippen molar-refractivity contribution in [2.45, 2.75) is 57.4 Å². The van der Waals surface area contributed by atoms with E-state index in [0.717, 1.165) is 75.7 Å². The highest BCUT2D eigenvalue weighted by atomic mass is 35.5. The lowest BCUT2D eigenvalue weighted by Gasteiger charge is -2.16. The number of carbonyl (C=O) groups is 1. The second-order valence-corrected chi connectivity index (χ2v) is 10.6. The van der Waals surface area contributed by atoms with Crippen molar-refractivity contribution in [2.75, 3.05) is 5.32 Å². The van der Waals surface area contributed by atoms with Crippen LogP contribution in [0.5, 0.6) is 0 Å². The van der Waals surface area contributed by atoms with E-state index >= 15 is 0 Å². The van der Waals surface area contributed by atoms with Crippen molar-refractivity contribution in [1.82, 2.24) is 5.16 Å². The van der Waals surface area contributed by atoms with E-state index in [-0.39, 0.29) is 17.9 Å². The van der Waals surface area contributed by atoms with Crippen LogP contribution in [-0.2, 0) is 16.6 Å². The van der Waals surface area contributed by atoms with Gasteiger partial charge in [0.2, 0.25) is 0 Å². The number of aryl methyl sites for hydroxylation is 2. The van der Waals surface area contributed by atoms with Gasteiger partial charge in [0.25, 0.3) is 0 Å². The molecular weight excluding hydrogens is 484 g/mol.